The number of alkyl halides is 1. The summed E-state index contributed by atoms with van der Waals surface area (Å²) in [4.78, 5) is 9.59. The summed E-state index contributed by atoms with van der Waals surface area (Å²) in [5.74, 6) is 1.68. The number of ether oxygens (including phenoxy) is 1. The summed E-state index contributed by atoms with van der Waals surface area (Å²) in [6.07, 6.45) is 4.04. The van der Waals surface area contributed by atoms with Gasteiger partial charge in [0.05, 0.1) is 16.6 Å². The van der Waals surface area contributed by atoms with Crippen LogP contribution < -0.4 is 25.5 Å². The van der Waals surface area contributed by atoms with E-state index in [4.69, 9.17) is 9.72 Å². The van der Waals surface area contributed by atoms with Gasteiger partial charge in [-0.1, -0.05) is 125 Å². The second-order valence-corrected chi connectivity index (χ2v) is 18.6. The Labute approximate surface area is 353 Å². The van der Waals surface area contributed by atoms with E-state index in [-0.39, 0.29) is 20.4 Å². The van der Waals surface area contributed by atoms with Crippen molar-refractivity contribution in [2.75, 3.05) is 0 Å². The molecule has 0 aliphatic carbocycles. The second kappa shape index (κ2) is 13.7. The number of pyridine rings is 2. The molecule has 11 aromatic rings. The van der Waals surface area contributed by atoms with Gasteiger partial charge in [0, 0.05) is 29.5 Å². The standard InChI is InChI=1S/C51H31FN4OSi.Pd/c52-48(34-24-25-38-39-19-7-8-21-42(39)55-30-29-54-50(55)41(38)32-34)33-13-11-14-35(31-33)56-43-26-27-46-49(47(43)40-20-12-28-53-51(40)56)57-44-22-9-10-23-45(44)58(46,36-15-3-1-4-16-36)37-17-5-2-6-18-37;/h1-30,48H;/q-2;+2. The van der Waals surface area contributed by atoms with Crippen LogP contribution in [-0.2, 0) is 20.4 Å². The van der Waals surface area contributed by atoms with E-state index in [2.05, 4.69) is 131 Å². The van der Waals surface area contributed by atoms with Crippen LogP contribution in [0.25, 0.3) is 54.9 Å². The Kier molecular flexibility index (Phi) is 8.25. The number of para-hydroxylation sites is 2. The normalized spacial score (nSPS) is 13.6. The van der Waals surface area contributed by atoms with Gasteiger partial charge < -0.3 is 13.7 Å². The first-order valence-electron chi connectivity index (χ1n) is 19.4. The minimum atomic E-state index is -2.88. The zero-order chi connectivity index (χ0) is 38.4. The Morgan fingerprint density at radius 1 is 0.559 bits per heavy atom. The summed E-state index contributed by atoms with van der Waals surface area (Å²) in [5, 5.41) is 9.69. The molecule has 282 valence electrons. The van der Waals surface area contributed by atoms with Crippen LogP contribution in [0.3, 0.4) is 0 Å². The Hall–Kier alpha value is -6.69. The molecule has 5 heterocycles. The first kappa shape index (κ1) is 35.5. The summed E-state index contributed by atoms with van der Waals surface area (Å²) in [6.45, 7) is 0. The summed E-state index contributed by atoms with van der Waals surface area (Å²) in [7, 11) is -2.88. The van der Waals surface area contributed by atoms with Gasteiger partial charge in [-0.15, -0.1) is 29.8 Å². The van der Waals surface area contributed by atoms with Crippen molar-refractivity contribution < 1.29 is 29.6 Å². The molecule has 0 fully saturated rings. The third-order valence-corrected chi connectivity index (χ3v) is 16.7. The molecule has 12 rings (SSSR count). The monoisotopic (exact) mass is 868 g/mol. The van der Waals surface area contributed by atoms with Crippen LogP contribution in [0.4, 0.5) is 4.39 Å². The smallest absolute Gasteiger partial charge is 0.457 e. The predicted molar refractivity (Wildman–Crippen MR) is 233 cm³/mol. The van der Waals surface area contributed by atoms with Crippen molar-refractivity contribution >= 4 is 78.1 Å². The maximum Gasteiger partial charge on any atom is 2.00 e. The van der Waals surface area contributed by atoms with Crippen LogP contribution in [0.5, 0.6) is 11.5 Å². The third kappa shape index (κ3) is 5.11. The molecule has 0 bridgehead atoms. The van der Waals surface area contributed by atoms with Crippen LogP contribution in [0, 0.1) is 12.1 Å². The SMILES string of the molecule is FC(c1[c-]c(-n2c3ccc4c(c3c3cccnc32)Oc2ccccc2[Si]4(c2ccccc2)c2ccccc2)ccc1)c1[c-]c2c(cc1)c1ccccc1n1ccnc21.[Pd+2]. The molecule has 0 amide bonds. The van der Waals surface area contributed by atoms with E-state index < -0.39 is 14.2 Å². The van der Waals surface area contributed by atoms with Crippen molar-refractivity contribution in [1.82, 2.24) is 18.9 Å². The van der Waals surface area contributed by atoms with Gasteiger partial charge >= 0.3 is 20.4 Å². The van der Waals surface area contributed by atoms with Crippen LogP contribution in [0.2, 0.25) is 0 Å². The van der Waals surface area contributed by atoms with Crippen molar-refractivity contribution in [3.8, 4) is 17.2 Å². The number of nitrogens with zero attached hydrogens (tertiary/aromatic N) is 4. The molecule has 7 aromatic carbocycles. The molecule has 0 saturated carbocycles. The third-order valence-electron chi connectivity index (χ3n) is 11.8. The number of rotatable bonds is 5. The largest absolute Gasteiger partial charge is 2.00 e. The minimum absolute atomic E-state index is 0. The topological polar surface area (TPSA) is 44.4 Å². The summed E-state index contributed by atoms with van der Waals surface area (Å²) < 4.78 is 28.1. The maximum atomic E-state index is 16.9. The van der Waals surface area contributed by atoms with E-state index in [1.54, 1.807) is 18.5 Å². The van der Waals surface area contributed by atoms with Gasteiger partial charge in [-0.3, -0.25) is 4.98 Å². The van der Waals surface area contributed by atoms with Gasteiger partial charge in [0.2, 0.25) is 0 Å². The zero-order valence-electron chi connectivity index (χ0n) is 31.3. The van der Waals surface area contributed by atoms with Gasteiger partial charge in [-0.05, 0) is 56.5 Å². The molecular weight excluding hydrogens is 838 g/mol. The van der Waals surface area contributed by atoms with Gasteiger partial charge in [0.1, 0.15) is 23.3 Å². The second-order valence-electron chi connectivity index (χ2n) is 14.8. The zero-order valence-corrected chi connectivity index (χ0v) is 33.8. The van der Waals surface area contributed by atoms with E-state index in [1.165, 1.54) is 20.7 Å². The van der Waals surface area contributed by atoms with E-state index in [0.29, 0.717) is 16.8 Å². The Balaban J connectivity index is 0.00000397. The van der Waals surface area contributed by atoms with Crippen molar-refractivity contribution in [3.63, 3.8) is 0 Å². The molecule has 0 radical (unpaired) electrons. The predicted octanol–water partition coefficient (Wildman–Crippen LogP) is 9.27. The molecule has 8 heteroatoms. The first-order chi connectivity index (χ1) is 28.7. The van der Waals surface area contributed by atoms with E-state index in [1.807, 2.05) is 59.1 Å². The number of hydrogen-bond acceptors (Lipinski definition) is 3. The van der Waals surface area contributed by atoms with Gasteiger partial charge in [0.25, 0.3) is 0 Å². The van der Waals surface area contributed by atoms with Crippen LogP contribution in [0.15, 0.2) is 182 Å². The fourth-order valence-electron chi connectivity index (χ4n) is 9.41. The average Bonchev–Trinajstić information content (AvgIpc) is 3.93. The molecule has 1 atom stereocenters. The van der Waals surface area contributed by atoms with E-state index in [9.17, 15) is 0 Å². The molecule has 1 aliphatic rings. The summed E-state index contributed by atoms with van der Waals surface area (Å²) in [5.41, 5.74) is 4.96. The molecule has 0 N–H and O–H groups in total. The number of halogens is 1. The Morgan fingerprint density at radius 2 is 1.27 bits per heavy atom. The van der Waals surface area contributed by atoms with E-state index in [0.717, 1.165) is 60.8 Å². The van der Waals surface area contributed by atoms with Gasteiger partial charge in [-0.25, -0.2) is 9.37 Å². The fraction of sp³-hybridized carbons (Fsp3) is 0.0196. The van der Waals surface area contributed by atoms with Crippen LogP contribution in [0.1, 0.15) is 17.3 Å². The van der Waals surface area contributed by atoms with Gasteiger partial charge in [-0.2, -0.15) is 18.2 Å². The molecule has 1 unspecified atom stereocenters. The Bertz CT molecular complexity index is 3380. The van der Waals surface area contributed by atoms with Crippen molar-refractivity contribution in [2.45, 2.75) is 6.17 Å². The van der Waals surface area contributed by atoms with Crippen molar-refractivity contribution in [2.24, 2.45) is 0 Å². The average molecular weight is 869 g/mol. The minimum Gasteiger partial charge on any atom is -0.457 e. The van der Waals surface area contributed by atoms with Crippen LogP contribution >= 0.6 is 0 Å². The summed E-state index contributed by atoms with van der Waals surface area (Å²) >= 11 is 0. The number of benzene rings is 7. The first-order valence-corrected chi connectivity index (χ1v) is 21.4. The molecule has 0 saturated heterocycles. The van der Waals surface area contributed by atoms with E-state index >= 15 is 4.39 Å². The van der Waals surface area contributed by atoms with Gasteiger partial charge in [0.15, 0.2) is 8.07 Å². The molecular formula is C51H31FN4OPdSi. The maximum absolute atomic E-state index is 16.9. The molecule has 0 spiro atoms. The number of fused-ring (bicyclic) bond motifs is 12. The number of aromatic nitrogens is 4. The molecule has 1 aliphatic heterocycles. The van der Waals surface area contributed by atoms with Crippen molar-refractivity contribution in [3.05, 3.63) is 206 Å². The Morgan fingerprint density at radius 3 is 2.10 bits per heavy atom. The molecule has 5 nitrogen and oxygen atoms in total. The summed E-state index contributed by atoms with van der Waals surface area (Å²) in [6, 6.07) is 63.3. The number of imidazole rings is 1. The van der Waals surface area contributed by atoms with Crippen molar-refractivity contribution in [1.29, 1.82) is 0 Å². The number of hydrogen-bond donors (Lipinski definition) is 0. The quantitative estimate of drug-likeness (QED) is 0.0985. The van der Waals surface area contributed by atoms with Crippen LogP contribution in [-0.4, -0.2) is 27.0 Å². The fourth-order valence-corrected chi connectivity index (χ4v) is 14.4. The molecule has 4 aromatic heterocycles. The molecule has 59 heavy (non-hydrogen) atoms.